The minimum atomic E-state index is -0.418. The van der Waals surface area contributed by atoms with Crippen LogP contribution in [-0.4, -0.2) is 21.6 Å². The molecule has 0 aliphatic carbocycles. The van der Waals surface area contributed by atoms with Crippen LogP contribution >= 0.6 is 11.6 Å². The van der Waals surface area contributed by atoms with E-state index in [1.54, 1.807) is 43.4 Å². The molecule has 3 aromatic rings. The van der Waals surface area contributed by atoms with Gasteiger partial charge in [0.15, 0.2) is 0 Å². The van der Waals surface area contributed by atoms with Crippen LogP contribution in [-0.2, 0) is 13.6 Å². The number of carbonyl (C=O) groups is 2. The first-order valence-corrected chi connectivity index (χ1v) is 7.82. The Labute approximate surface area is 148 Å². The van der Waals surface area contributed by atoms with Crippen molar-refractivity contribution in [2.75, 3.05) is 5.32 Å². The Bertz CT molecular complexity index is 903. The van der Waals surface area contributed by atoms with E-state index >= 15 is 0 Å². The molecule has 25 heavy (non-hydrogen) atoms. The zero-order valence-corrected chi connectivity index (χ0v) is 14.1. The molecular formula is C17H15ClN4O3. The molecule has 1 aromatic carbocycles. The number of hydrogen-bond acceptors (Lipinski definition) is 4. The van der Waals surface area contributed by atoms with Crippen LogP contribution in [0.4, 0.5) is 5.69 Å². The predicted octanol–water partition coefficient (Wildman–Crippen LogP) is 2.85. The molecule has 0 aliphatic heterocycles. The lowest BCUT2D eigenvalue weighted by Crippen LogP contribution is -2.26. The molecule has 0 saturated heterocycles. The highest BCUT2D eigenvalue weighted by molar-refractivity contribution is 6.34. The lowest BCUT2D eigenvalue weighted by atomic mass is 10.2. The monoisotopic (exact) mass is 358 g/mol. The molecule has 0 spiro atoms. The van der Waals surface area contributed by atoms with Crippen molar-refractivity contribution in [2.24, 2.45) is 7.05 Å². The van der Waals surface area contributed by atoms with Crippen LogP contribution in [0.3, 0.4) is 0 Å². The third kappa shape index (κ3) is 3.72. The summed E-state index contributed by atoms with van der Waals surface area (Å²) >= 11 is 6.03. The number of amides is 2. The first kappa shape index (κ1) is 16.8. The van der Waals surface area contributed by atoms with Gasteiger partial charge in [-0.25, -0.2) is 0 Å². The number of halogens is 1. The van der Waals surface area contributed by atoms with Gasteiger partial charge in [-0.1, -0.05) is 23.7 Å². The van der Waals surface area contributed by atoms with Crippen molar-refractivity contribution >= 4 is 29.1 Å². The number of nitrogens with zero attached hydrogens (tertiary/aromatic N) is 2. The number of nitrogens with one attached hydrogen (secondary N) is 2. The normalized spacial score (nSPS) is 10.5. The Kier molecular flexibility index (Phi) is 4.85. The van der Waals surface area contributed by atoms with Crippen molar-refractivity contribution in [2.45, 2.75) is 6.54 Å². The van der Waals surface area contributed by atoms with Crippen molar-refractivity contribution in [1.82, 2.24) is 15.1 Å². The van der Waals surface area contributed by atoms with Gasteiger partial charge in [0.25, 0.3) is 11.8 Å². The lowest BCUT2D eigenvalue weighted by molar-refractivity contribution is 0.0939. The molecular weight excluding hydrogens is 344 g/mol. The van der Waals surface area contributed by atoms with Crippen LogP contribution in [0.25, 0.3) is 0 Å². The Hall–Kier alpha value is -3.06. The molecule has 0 aliphatic rings. The summed E-state index contributed by atoms with van der Waals surface area (Å²) in [5.74, 6) is -0.179. The molecule has 0 unspecified atom stereocenters. The Morgan fingerprint density at radius 2 is 2.00 bits per heavy atom. The maximum atomic E-state index is 12.4. The molecule has 0 bridgehead atoms. The highest BCUT2D eigenvalue weighted by Gasteiger charge is 2.20. The van der Waals surface area contributed by atoms with Gasteiger partial charge in [0.05, 0.1) is 35.3 Å². The van der Waals surface area contributed by atoms with Crippen LogP contribution in [0.15, 0.2) is 53.3 Å². The second kappa shape index (κ2) is 7.23. The van der Waals surface area contributed by atoms with Crippen LogP contribution in [0.1, 0.15) is 26.6 Å². The van der Waals surface area contributed by atoms with Gasteiger partial charge in [0, 0.05) is 7.05 Å². The average Bonchev–Trinajstić information content (AvgIpc) is 3.23. The standard InChI is InChI=1S/C17H15ClN4O3/c1-22-15(17(24)19-9-11-5-4-8-25-11)14(10-20-22)21-16(23)12-6-2-3-7-13(12)18/h2-8,10H,9H2,1H3,(H,19,24)(H,21,23). The van der Waals surface area contributed by atoms with Gasteiger partial charge in [-0.15, -0.1) is 0 Å². The fourth-order valence-electron chi connectivity index (χ4n) is 2.30. The number of benzene rings is 1. The van der Waals surface area contributed by atoms with Crippen molar-refractivity contribution in [3.05, 3.63) is 70.9 Å². The maximum absolute atomic E-state index is 12.4. The van der Waals surface area contributed by atoms with E-state index in [4.69, 9.17) is 16.0 Å². The van der Waals surface area contributed by atoms with Gasteiger partial charge in [0.2, 0.25) is 0 Å². The number of aromatic nitrogens is 2. The van der Waals surface area contributed by atoms with Crippen LogP contribution in [0.5, 0.6) is 0 Å². The second-order valence-corrected chi connectivity index (χ2v) is 5.63. The third-order valence-corrected chi connectivity index (χ3v) is 3.85. The molecule has 0 saturated carbocycles. The van der Waals surface area contributed by atoms with Gasteiger partial charge in [-0.3, -0.25) is 14.3 Å². The fraction of sp³-hybridized carbons (Fsp3) is 0.118. The summed E-state index contributed by atoms with van der Waals surface area (Å²) in [5, 5.41) is 9.76. The first-order chi connectivity index (χ1) is 12.1. The Balaban J connectivity index is 1.76. The van der Waals surface area contributed by atoms with E-state index in [1.807, 2.05) is 0 Å². The summed E-state index contributed by atoms with van der Waals surface area (Å²) in [6.07, 6.45) is 2.94. The summed E-state index contributed by atoms with van der Waals surface area (Å²) < 4.78 is 6.56. The zero-order chi connectivity index (χ0) is 17.8. The van der Waals surface area contributed by atoms with Crippen molar-refractivity contribution in [3.63, 3.8) is 0 Å². The molecule has 7 nitrogen and oxygen atoms in total. The molecule has 128 valence electrons. The summed E-state index contributed by atoms with van der Waals surface area (Å²) in [6.45, 7) is 0.231. The van der Waals surface area contributed by atoms with E-state index in [-0.39, 0.29) is 18.1 Å². The van der Waals surface area contributed by atoms with E-state index in [9.17, 15) is 9.59 Å². The van der Waals surface area contributed by atoms with Crippen molar-refractivity contribution in [3.8, 4) is 0 Å². The third-order valence-electron chi connectivity index (χ3n) is 3.52. The summed E-state index contributed by atoms with van der Waals surface area (Å²) in [7, 11) is 1.62. The van der Waals surface area contributed by atoms with Gasteiger partial charge in [-0.2, -0.15) is 5.10 Å². The molecule has 2 amide bonds. The Morgan fingerprint density at radius 3 is 2.72 bits per heavy atom. The van der Waals surface area contributed by atoms with Crippen LogP contribution < -0.4 is 10.6 Å². The number of carbonyl (C=O) groups excluding carboxylic acids is 2. The largest absolute Gasteiger partial charge is 0.467 e. The fourth-order valence-corrected chi connectivity index (χ4v) is 2.52. The number of rotatable bonds is 5. The predicted molar refractivity (Wildman–Crippen MR) is 92.5 cm³/mol. The molecule has 2 heterocycles. The lowest BCUT2D eigenvalue weighted by Gasteiger charge is -2.09. The summed E-state index contributed by atoms with van der Waals surface area (Å²) in [4.78, 5) is 24.8. The highest BCUT2D eigenvalue weighted by Crippen LogP contribution is 2.19. The number of aryl methyl sites for hydroxylation is 1. The van der Waals surface area contributed by atoms with E-state index in [1.165, 1.54) is 17.1 Å². The van der Waals surface area contributed by atoms with E-state index in [0.717, 1.165) is 0 Å². The van der Waals surface area contributed by atoms with Gasteiger partial charge >= 0.3 is 0 Å². The number of hydrogen-bond donors (Lipinski definition) is 2. The highest BCUT2D eigenvalue weighted by atomic mass is 35.5. The molecule has 8 heteroatoms. The van der Waals surface area contributed by atoms with Crippen molar-refractivity contribution in [1.29, 1.82) is 0 Å². The SMILES string of the molecule is Cn1ncc(NC(=O)c2ccccc2Cl)c1C(=O)NCc1ccco1. The smallest absolute Gasteiger partial charge is 0.272 e. The minimum absolute atomic E-state index is 0.229. The molecule has 0 radical (unpaired) electrons. The number of anilines is 1. The molecule has 0 atom stereocenters. The van der Waals surface area contributed by atoms with Gasteiger partial charge < -0.3 is 15.1 Å². The average molecular weight is 359 g/mol. The topological polar surface area (TPSA) is 89.2 Å². The first-order valence-electron chi connectivity index (χ1n) is 7.44. The maximum Gasteiger partial charge on any atom is 0.272 e. The molecule has 2 N–H and O–H groups in total. The van der Waals surface area contributed by atoms with Gasteiger partial charge in [-0.05, 0) is 24.3 Å². The van der Waals surface area contributed by atoms with Gasteiger partial charge in [0.1, 0.15) is 11.5 Å². The quantitative estimate of drug-likeness (QED) is 0.734. The van der Waals surface area contributed by atoms with E-state index < -0.39 is 5.91 Å². The van der Waals surface area contributed by atoms with Crippen LogP contribution in [0.2, 0.25) is 5.02 Å². The summed E-state index contributed by atoms with van der Waals surface area (Å²) in [5.41, 5.74) is 0.839. The van der Waals surface area contributed by atoms with E-state index in [0.29, 0.717) is 22.0 Å². The molecule has 3 rings (SSSR count). The van der Waals surface area contributed by atoms with Crippen molar-refractivity contribution < 1.29 is 14.0 Å². The second-order valence-electron chi connectivity index (χ2n) is 5.23. The molecule has 0 fully saturated rings. The minimum Gasteiger partial charge on any atom is -0.467 e. The molecule has 2 aromatic heterocycles. The zero-order valence-electron chi connectivity index (χ0n) is 13.3. The Morgan fingerprint density at radius 1 is 1.20 bits per heavy atom. The number of furan rings is 1. The summed E-state index contributed by atoms with van der Waals surface area (Å²) in [6, 6.07) is 10.2. The van der Waals surface area contributed by atoms with Crippen LogP contribution in [0, 0.1) is 0 Å². The van der Waals surface area contributed by atoms with E-state index in [2.05, 4.69) is 15.7 Å².